The summed E-state index contributed by atoms with van der Waals surface area (Å²) in [5.41, 5.74) is 0. The van der Waals surface area contributed by atoms with Crippen LogP contribution in [0, 0.1) is 11.8 Å². The number of hydrogen-bond donors (Lipinski definition) is 2. The predicted molar refractivity (Wildman–Crippen MR) is 58.1 cm³/mol. The second-order valence-electron chi connectivity index (χ2n) is 4.67. The molecule has 1 saturated heterocycles. The Hall–Kier alpha value is -1.26. The molecule has 2 rings (SSSR count). The van der Waals surface area contributed by atoms with Gasteiger partial charge in [0.1, 0.15) is 0 Å². The molecule has 2 aliphatic rings. The normalized spacial score (nSPS) is 30.2. The number of carbonyl (C=O) groups excluding carboxylic acids is 1. The predicted octanol–water partition coefficient (Wildman–Crippen LogP) is 0.903. The molecule has 1 aliphatic carbocycles. The van der Waals surface area contributed by atoms with Gasteiger partial charge >= 0.3 is 12.0 Å². The molecule has 2 N–H and O–H groups in total. The lowest BCUT2D eigenvalue weighted by molar-refractivity contribution is -0.143. The number of hydrogen-bond acceptors (Lipinski definition) is 2. The molecule has 90 valence electrons. The van der Waals surface area contributed by atoms with Crippen LogP contribution < -0.4 is 5.32 Å². The van der Waals surface area contributed by atoms with Crippen molar-refractivity contribution in [1.29, 1.82) is 0 Å². The van der Waals surface area contributed by atoms with Crippen molar-refractivity contribution in [2.45, 2.75) is 25.7 Å². The first-order valence-corrected chi connectivity index (χ1v) is 5.94. The van der Waals surface area contributed by atoms with E-state index in [1.807, 2.05) is 0 Å². The van der Waals surface area contributed by atoms with Gasteiger partial charge in [-0.05, 0) is 25.2 Å². The van der Waals surface area contributed by atoms with Crippen molar-refractivity contribution in [2.24, 2.45) is 11.8 Å². The largest absolute Gasteiger partial charge is 0.481 e. The van der Waals surface area contributed by atoms with Gasteiger partial charge in [0.2, 0.25) is 0 Å². The van der Waals surface area contributed by atoms with Gasteiger partial charge in [-0.25, -0.2) is 4.79 Å². The number of carbonyl (C=O) groups is 2. The van der Waals surface area contributed by atoms with Crippen LogP contribution in [0.4, 0.5) is 4.79 Å². The van der Waals surface area contributed by atoms with Crippen LogP contribution in [-0.4, -0.2) is 41.6 Å². The summed E-state index contributed by atoms with van der Waals surface area (Å²) in [6, 6.07) is -0.0395. The third-order valence-electron chi connectivity index (χ3n) is 3.60. The second kappa shape index (κ2) is 4.72. The van der Waals surface area contributed by atoms with Gasteiger partial charge in [-0.15, -0.1) is 0 Å². The fourth-order valence-corrected chi connectivity index (χ4v) is 2.72. The molecule has 16 heavy (non-hydrogen) atoms. The maximum absolute atomic E-state index is 11.5. The van der Waals surface area contributed by atoms with Crippen LogP contribution >= 0.6 is 0 Å². The van der Waals surface area contributed by atoms with Gasteiger partial charge in [-0.2, -0.15) is 0 Å². The summed E-state index contributed by atoms with van der Waals surface area (Å²) in [5.74, 6) is -0.823. The van der Waals surface area contributed by atoms with Crippen LogP contribution in [0.3, 0.4) is 0 Å². The first-order chi connectivity index (χ1) is 7.68. The number of carboxylic acids is 1. The molecule has 2 amide bonds. The number of carboxylic acid groups (broad SMARTS) is 1. The average molecular weight is 226 g/mol. The Morgan fingerprint density at radius 2 is 2.25 bits per heavy atom. The van der Waals surface area contributed by atoms with Crippen LogP contribution in [0.2, 0.25) is 0 Å². The number of rotatable bonds is 3. The monoisotopic (exact) mass is 226 g/mol. The molecule has 2 fully saturated rings. The molecular formula is C11H18N2O3. The first kappa shape index (κ1) is 11.2. The van der Waals surface area contributed by atoms with E-state index in [-0.39, 0.29) is 17.9 Å². The lowest BCUT2D eigenvalue weighted by atomic mass is 9.95. The van der Waals surface area contributed by atoms with Crippen molar-refractivity contribution in [1.82, 2.24) is 10.2 Å². The van der Waals surface area contributed by atoms with Gasteiger partial charge in [-0.3, -0.25) is 4.79 Å². The molecule has 2 unspecified atom stereocenters. The van der Waals surface area contributed by atoms with Gasteiger partial charge in [0, 0.05) is 19.6 Å². The molecule has 5 nitrogen and oxygen atoms in total. The van der Waals surface area contributed by atoms with Crippen LogP contribution in [0.5, 0.6) is 0 Å². The minimum absolute atomic E-state index is 0.0395. The van der Waals surface area contributed by atoms with Crippen LogP contribution in [0.15, 0.2) is 0 Å². The van der Waals surface area contributed by atoms with Crippen molar-refractivity contribution in [3.63, 3.8) is 0 Å². The summed E-state index contributed by atoms with van der Waals surface area (Å²) in [7, 11) is 0. The van der Waals surface area contributed by atoms with E-state index in [1.165, 1.54) is 0 Å². The van der Waals surface area contributed by atoms with E-state index in [0.717, 1.165) is 38.8 Å². The van der Waals surface area contributed by atoms with Crippen LogP contribution in [0.25, 0.3) is 0 Å². The average Bonchev–Trinajstić information content (AvgIpc) is 2.69. The van der Waals surface area contributed by atoms with E-state index in [2.05, 4.69) is 5.32 Å². The Morgan fingerprint density at radius 1 is 1.44 bits per heavy atom. The summed E-state index contributed by atoms with van der Waals surface area (Å²) in [6.07, 6.45) is 3.61. The molecule has 0 aromatic rings. The van der Waals surface area contributed by atoms with E-state index < -0.39 is 5.97 Å². The Kier molecular flexibility index (Phi) is 3.31. The highest BCUT2D eigenvalue weighted by atomic mass is 16.4. The number of nitrogens with one attached hydrogen (secondary N) is 1. The summed E-state index contributed by atoms with van der Waals surface area (Å²) in [5, 5.41) is 11.8. The Bertz CT molecular complexity index is 293. The van der Waals surface area contributed by atoms with Gasteiger partial charge in [0.05, 0.1) is 5.92 Å². The summed E-state index contributed by atoms with van der Waals surface area (Å²) in [6.45, 7) is 2.10. The molecule has 1 saturated carbocycles. The fourth-order valence-electron chi connectivity index (χ4n) is 2.72. The van der Waals surface area contributed by atoms with Gasteiger partial charge in [0.15, 0.2) is 0 Å². The Balaban J connectivity index is 1.92. The maximum Gasteiger partial charge on any atom is 0.317 e. The van der Waals surface area contributed by atoms with E-state index in [4.69, 9.17) is 5.11 Å². The number of aliphatic carboxylic acids is 1. The standard InChI is InChI=1S/C11H18N2O3/c14-10(15)9-4-1-3-8(9)7-13-6-2-5-12-11(13)16/h8-9H,1-7H2,(H,12,16)(H,14,15). The van der Waals surface area contributed by atoms with E-state index >= 15 is 0 Å². The van der Waals surface area contributed by atoms with Crippen molar-refractivity contribution < 1.29 is 14.7 Å². The van der Waals surface area contributed by atoms with E-state index in [1.54, 1.807) is 4.90 Å². The quantitative estimate of drug-likeness (QED) is 0.751. The summed E-state index contributed by atoms with van der Waals surface area (Å²) in [4.78, 5) is 24.3. The minimum Gasteiger partial charge on any atom is -0.481 e. The minimum atomic E-state index is -0.708. The molecule has 0 bridgehead atoms. The highest BCUT2D eigenvalue weighted by Crippen LogP contribution is 2.32. The molecule has 0 radical (unpaired) electrons. The molecule has 0 aromatic carbocycles. The molecule has 0 spiro atoms. The second-order valence-corrected chi connectivity index (χ2v) is 4.67. The van der Waals surface area contributed by atoms with Gasteiger partial charge in [0.25, 0.3) is 0 Å². The highest BCUT2D eigenvalue weighted by molar-refractivity contribution is 5.75. The number of amides is 2. The smallest absolute Gasteiger partial charge is 0.317 e. The third kappa shape index (κ3) is 2.28. The third-order valence-corrected chi connectivity index (χ3v) is 3.60. The van der Waals surface area contributed by atoms with E-state index in [0.29, 0.717) is 6.54 Å². The molecular weight excluding hydrogens is 208 g/mol. The number of urea groups is 1. The zero-order valence-electron chi connectivity index (χ0n) is 9.32. The molecule has 1 aliphatic heterocycles. The fraction of sp³-hybridized carbons (Fsp3) is 0.818. The maximum atomic E-state index is 11.5. The molecule has 1 heterocycles. The van der Waals surface area contributed by atoms with Crippen LogP contribution in [0.1, 0.15) is 25.7 Å². The lowest BCUT2D eigenvalue weighted by Gasteiger charge is -2.30. The Labute approximate surface area is 94.8 Å². The van der Waals surface area contributed by atoms with Gasteiger partial charge in [-0.1, -0.05) is 6.42 Å². The molecule has 2 atom stereocenters. The highest BCUT2D eigenvalue weighted by Gasteiger charge is 2.35. The van der Waals surface area contributed by atoms with Crippen molar-refractivity contribution in [2.75, 3.05) is 19.6 Å². The van der Waals surface area contributed by atoms with E-state index in [9.17, 15) is 9.59 Å². The first-order valence-electron chi connectivity index (χ1n) is 5.94. The lowest BCUT2D eigenvalue weighted by Crippen LogP contribution is -2.48. The Morgan fingerprint density at radius 3 is 2.94 bits per heavy atom. The van der Waals surface area contributed by atoms with Gasteiger partial charge < -0.3 is 15.3 Å². The molecule has 0 aromatic heterocycles. The van der Waals surface area contributed by atoms with Crippen molar-refractivity contribution >= 4 is 12.0 Å². The van der Waals surface area contributed by atoms with Crippen molar-refractivity contribution in [3.8, 4) is 0 Å². The summed E-state index contributed by atoms with van der Waals surface area (Å²) < 4.78 is 0. The van der Waals surface area contributed by atoms with Crippen LogP contribution in [-0.2, 0) is 4.79 Å². The zero-order valence-corrected chi connectivity index (χ0v) is 9.32. The van der Waals surface area contributed by atoms with Crippen molar-refractivity contribution in [3.05, 3.63) is 0 Å². The zero-order chi connectivity index (χ0) is 11.5. The SMILES string of the molecule is O=C(O)C1CCCC1CN1CCCNC1=O. The topological polar surface area (TPSA) is 69.6 Å². The molecule has 5 heteroatoms. The number of nitrogens with zero attached hydrogens (tertiary/aromatic N) is 1. The summed E-state index contributed by atoms with van der Waals surface area (Å²) >= 11 is 0.